The Morgan fingerprint density at radius 1 is 1.10 bits per heavy atom. The maximum atomic E-state index is 9.09. The fourth-order valence-corrected chi connectivity index (χ4v) is 0.753. The van der Waals surface area contributed by atoms with Crippen molar-refractivity contribution < 1.29 is 14.6 Å². The summed E-state index contributed by atoms with van der Waals surface area (Å²) >= 11 is 0. The molecule has 3 nitrogen and oxygen atoms in total. The van der Waals surface area contributed by atoms with Crippen molar-refractivity contribution in [1.29, 1.82) is 0 Å². The van der Waals surface area contributed by atoms with E-state index in [4.69, 9.17) is 14.6 Å². The summed E-state index contributed by atoms with van der Waals surface area (Å²) in [6.45, 7) is 3.60. The zero-order valence-corrected chi connectivity index (χ0v) is 7.00. The number of hydrogen-bond acceptors (Lipinski definition) is 3. The molecule has 0 amide bonds. The third-order valence-electron chi connectivity index (χ3n) is 1.65. The first-order valence-electron chi connectivity index (χ1n) is 3.37. The van der Waals surface area contributed by atoms with Gasteiger partial charge in [-0.15, -0.1) is 0 Å². The fraction of sp³-hybridized carbons (Fsp3) is 1.00. The highest BCUT2D eigenvalue weighted by Gasteiger charge is 2.19. The van der Waals surface area contributed by atoms with E-state index in [1.165, 1.54) is 0 Å². The van der Waals surface area contributed by atoms with Gasteiger partial charge in [-0.05, 0) is 6.92 Å². The second kappa shape index (κ2) is 4.66. The molecule has 0 spiro atoms. The summed E-state index contributed by atoms with van der Waals surface area (Å²) < 4.78 is 9.88. The lowest BCUT2D eigenvalue weighted by Gasteiger charge is -2.22. The van der Waals surface area contributed by atoms with Gasteiger partial charge in [0.2, 0.25) is 0 Å². The average molecular weight is 148 g/mol. The largest absolute Gasteiger partial charge is 0.393 e. The summed E-state index contributed by atoms with van der Waals surface area (Å²) in [6, 6.07) is 0. The van der Waals surface area contributed by atoms with Crippen LogP contribution in [-0.2, 0) is 9.47 Å². The molecule has 3 heteroatoms. The van der Waals surface area contributed by atoms with E-state index in [1.54, 1.807) is 21.1 Å². The molecule has 0 aromatic heterocycles. The molecule has 0 aromatic rings. The third-order valence-corrected chi connectivity index (χ3v) is 1.65. The lowest BCUT2D eigenvalue weighted by atomic mass is 10.1. The van der Waals surface area contributed by atoms with Crippen LogP contribution in [0.15, 0.2) is 0 Å². The topological polar surface area (TPSA) is 38.7 Å². The second-order valence-electron chi connectivity index (χ2n) is 2.44. The van der Waals surface area contributed by atoms with E-state index in [0.717, 1.165) is 0 Å². The van der Waals surface area contributed by atoms with E-state index in [9.17, 15) is 0 Å². The highest BCUT2D eigenvalue weighted by atomic mass is 16.7. The Bertz CT molecular complexity index is 78.9. The van der Waals surface area contributed by atoms with Crippen molar-refractivity contribution in [3.8, 4) is 0 Å². The second-order valence-corrected chi connectivity index (χ2v) is 2.44. The first-order valence-corrected chi connectivity index (χ1v) is 3.37. The highest BCUT2D eigenvalue weighted by Crippen LogP contribution is 2.11. The predicted molar refractivity (Wildman–Crippen MR) is 38.7 cm³/mol. The van der Waals surface area contributed by atoms with Gasteiger partial charge in [-0.1, -0.05) is 6.92 Å². The summed E-state index contributed by atoms with van der Waals surface area (Å²) in [5, 5.41) is 9.09. The molecule has 0 radical (unpaired) electrons. The Balaban J connectivity index is 3.76. The van der Waals surface area contributed by atoms with Gasteiger partial charge < -0.3 is 14.6 Å². The first kappa shape index (κ1) is 9.88. The molecule has 0 aromatic carbocycles. The van der Waals surface area contributed by atoms with Gasteiger partial charge in [0.05, 0.1) is 6.10 Å². The van der Waals surface area contributed by atoms with E-state index >= 15 is 0 Å². The van der Waals surface area contributed by atoms with Crippen LogP contribution in [0.3, 0.4) is 0 Å². The minimum absolute atomic E-state index is 0.00926. The highest BCUT2D eigenvalue weighted by molar-refractivity contribution is 4.61. The number of aliphatic hydroxyl groups is 1. The fourth-order valence-electron chi connectivity index (χ4n) is 0.753. The zero-order valence-electron chi connectivity index (χ0n) is 7.00. The Labute approximate surface area is 62.0 Å². The monoisotopic (exact) mass is 148 g/mol. The molecule has 0 unspecified atom stereocenters. The standard InChI is InChI=1S/C7H16O3/c1-5(6(2)8)7(9-3)10-4/h5-8H,1-4H3/t5-,6-/m0/s1. The van der Waals surface area contributed by atoms with Crippen LogP contribution in [0.5, 0.6) is 0 Å². The van der Waals surface area contributed by atoms with Crippen molar-refractivity contribution in [2.75, 3.05) is 14.2 Å². The van der Waals surface area contributed by atoms with Crippen LogP contribution in [0.4, 0.5) is 0 Å². The van der Waals surface area contributed by atoms with Crippen LogP contribution in [0.25, 0.3) is 0 Å². The Kier molecular flexibility index (Phi) is 4.60. The van der Waals surface area contributed by atoms with E-state index in [2.05, 4.69) is 0 Å². The molecule has 0 saturated carbocycles. The van der Waals surface area contributed by atoms with Crippen molar-refractivity contribution in [2.45, 2.75) is 26.2 Å². The van der Waals surface area contributed by atoms with Crippen LogP contribution in [0.2, 0.25) is 0 Å². The maximum absolute atomic E-state index is 9.09. The van der Waals surface area contributed by atoms with Crippen LogP contribution >= 0.6 is 0 Å². The molecule has 0 aliphatic rings. The Morgan fingerprint density at radius 3 is 1.60 bits per heavy atom. The summed E-state index contributed by atoms with van der Waals surface area (Å²) in [7, 11) is 3.13. The minimum Gasteiger partial charge on any atom is -0.393 e. The van der Waals surface area contributed by atoms with E-state index in [0.29, 0.717) is 0 Å². The number of methoxy groups -OCH3 is 2. The van der Waals surface area contributed by atoms with Gasteiger partial charge in [-0.3, -0.25) is 0 Å². The van der Waals surface area contributed by atoms with Gasteiger partial charge in [0, 0.05) is 20.1 Å². The molecule has 0 heterocycles. The van der Waals surface area contributed by atoms with E-state index < -0.39 is 6.10 Å². The van der Waals surface area contributed by atoms with Gasteiger partial charge in [-0.2, -0.15) is 0 Å². The Morgan fingerprint density at radius 2 is 1.50 bits per heavy atom. The molecule has 10 heavy (non-hydrogen) atoms. The summed E-state index contributed by atoms with van der Waals surface area (Å²) in [5.74, 6) is 0.00926. The lowest BCUT2D eigenvalue weighted by molar-refractivity contribution is -0.153. The number of rotatable bonds is 4. The molecule has 1 N–H and O–H groups in total. The zero-order chi connectivity index (χ0) is 8.15. The molecule has 2 atom stereocenters. The van der Waals surface area contributed by atoms with Gasteiger partial charge in [0.15, 0.2) is 6.29 Å². The maximum Gasteiger partial charge on any atom is 0.161 e. The number of ether oxygens (including phenoxy) is 2. The SMILES string of the molecule is COC(OC)[C@@H](C)[C@H](C)O. The molecular weight excluding hydrogens is 132 g/mol. The molecule has 0 bridgehead atoms. The minimum atomic E-state index is -0.398. The predicted octanol–water partition coefficient (Wildman–Crippen LogP) is 0.622. The van der Waals surface area contributed by atoms with Crippen molar-refractivity contribution in [3.63, 3.8) is 0 Å². The smallest absolute Gasteiger partial charge is 0.161 e. The summed E-state index contributed by atoms with van der Waals surface area (Å²) in [5.41, 5.74) is 0. The van der Waals surface area contributed by atoms with Crippen molar-refractivity contribution in [1.82, 2.24) is 0 Å². The van der Waals surface area contributed by atoms with Crippen LogP contribution < -0.4 is 0 Å². The average Bonchev–Trinajstić information content (AvgIpc) is 1.90. The molecule has 0 saturated heterocycles. The van der Waals surface area contributed by atoms with E-state index in [1.807, 2.05) is 6.92 Å². The van der Waals surface area contributed by atoms with Gasteiger partial charge in [0.25, 0.3) is 0 Å². The molecule has 0 aliphatic carbocycles. The third kappa shape index (κ3) is 2.64. The Hall–Kier alpha value is -0.120. The van der Waals surface area contributed by atoms with Gasteiger partial charge in [0.1, 0.15) is 0 Å². The molecule has 0 rings (SSSR count). The van der Waals surface area contributed by atoms with Crippen molar-refractivity contribution in [3.05, 3.63) is 0 Å². The van der Waals surface area contributed by atoms with Crippen molar-refractivity contribution in [2.24, 2.45) is 5.92 Å². The van der Waals surface area contributed by atoms with Crippen LogP contribution in [-0.4, -0.2) is 31.7 Å². The van der Waals surface area contributed by atoms with Gasteiger partial charge in [-0.25, -0.2) is 0 Å². The van der Waals surface area contributed by atoms with Crippen molar-refractivity contribution >= 4 is 0 Å². The van der Waals surface area contributed by atoms with E-state index in [-0.39, 0.29) is 12.2 Å². The van der Waals surface area contributed by atoms with Crippen LogP contribution in [0, 0.1) is 5.92 Å². The summed E-state index contributed by atoms with van der Waals surface area (Å²) in [4.78, 5) is 0. The molecule has 62 valence electrons. The number of hydrogen-bond donors (Lipinski definition) is 1. The molecule has 0 aliphatic heterocycles. The lowest BCUT2D eigenvalue weighted by Crippen LogP contribution is -2.30. The molecular formula is C7H16O3. The normalized spacial score (nSPS) is 17.4. The van der Waals surface area contributed by atoms with Gasteiger partial charge >= 0.3 is 0 Å². The first-order chi connectivity index (χ1) is 4.63. The molecule has 0 fully saturated rings. The number of aliphatic hydroxyl groups excluding tert-OH is 1. The summed E-state index contributed by atoms with van der Waals surface area (Å²) in [6.07, 6.45) is -0.704. The quantitative estimate of drug-likeness (QED) is 0.594. The van der Waals surface area contributed by atoms with Crippen LogP contribution in [0.1, 0.15) is 13.8 Å².